The normalized spacial score (nSPS) is 16.1. The van der Waals surface area contributed by atoms with Crippen LogP contribution in [0.5, 0.6) is 11.5 Å². The smallest absolute Gasteiger partial charge is 0.227 e. The van der Waals surface area contributed by atoms with Crippen LogP contribution >= 0.6 is 0 Å². The van der Waals surface area contributed by atoms with Gasteiger partial charge in [0.25, 0.3) is 0 Å². The van der Waals surface area contributed by atoms with Gasteiger partial charge in [0.2, 0.25) is 11.8 Å². The summed E-state index contributed by atoms with van der Waals surface area (Å²) >= 11 is 0. The van der Waals surface area contributed by atoms with Gasteiger partial charge in [0, 0.05) is 48.4 Å². The van der Waals surface area contributed by atoms with Crippen LogP contribution in [-0.4, -0.2) is 44.1 Å². The topological polar surface area (TPSA) is 83.7 Å². The number of hydrogen-bond acceptors (Lipinski definition) is 4. The summed E-state index contributed by atoms with van der Waals surface area (Å²) in [6.45, 7) is 0.884. The number of carbonyl (C=O) groups excluding carboxylic acids is 2. The zero-order valence-electron chi connectivity index (χ0n) is 17.1. The van der Waals surface area contributed by atoms with Gasteiger partial charge < -0.3 is 24.7 Å². The number of benzene rings is 2. The predicted octanol–water partition coefficient (Wildman–Crippen LogP) is 2.90. The molecule has 1 fully saturated rings. The first kappa shape index (κ1) is 19.8. The minimum atomic E-state index is -0.355. The van der Waals surface area contributed by atoms with Gasteiger partial charge in [-0.2, -0.15) is 0 Å². The number of aromatic amines is 1. The van der Waals surface area contributed by atoms with Gasteiger partial charge in [-0.1, -0.05) is 6.07 Å². The Kier molecular flexibility index (Phi) is 5.61. The Morgan fingerprint density at radius 3 is 2.77 bits per heavy atom. The molecule has 156 valence electrons. The van der Waals surface area contributed by atoms with Crippen LogP contribution in [-0.2, 0) is 16.0 Å². The average molecular weight is 407 g/mol. The molecule has 1 aromatic heterocycles. The average Bonchev–Trinajstić information content (AvgIpc) is 3.36. The second-order valence-electron chi connectivity index (χ2n) is 7.37. The van der Waals surface area contributed by atoms with Gasteiger partial charge in [-0.3, -0.25) is 9.59 Å². The molecule has 0 aliphatic carbocycles. The summed E-state index contributed by atoms with van der Waals surface area (Å²) in [5, 5.41) is 4.07. The number of methoxy groups -OCH3 is 2. The highest BCUT2D eigenvalue weighted by Crippen LogP contribution is 2.28. The van der Waals surface area contributed by atoms with Gasteiger partial charge in [0.1, 0.15) is 11.5 Å². The maximum atomic E-state index is 12.6. The third-order valence-corrected chi connectivity index (χ3v) is 5.53. The Labute approximate surface area is 175 Å². The number of H-pyrrole nitrogens is 1. The van der Waals surface area contributed by atoms with Crippen LogP contribution in [0.15, 0.2) is 48.7 Å². The highest BCUT2D eigenvalue weighted by atomic mass is 16.5. The van der Waals surface area contributed by atoms with E-state index in [-0.39, 0.29) is 24.2 Å². The minimum Gasteiger partial charge on any atom is -0.497 e. The van der Waals surface area contributed by atoms with E-state index in [2.05, 4.69) is 10.3 Å². The van der Waals surface area contributed by atoms with Crippen molar-refractivity contribution in [2.24, 2.45) is 5.92 Å². The van der Waals surface area contributed by atoms with Gasteiger partial charge in [0.05, 0.1) is 20.1 Å². The van der Waals surface area contributed by atoms with E-state index in [9.17, 15) is 9.59 Å². The van der Waals surface area contributed by atoms with E-state index in [1.165, 1.54) is 0 Å². The van der Waals surface area contributed by atoms with Crippen LogP contribution in [0.4, 0.5) is 5.69 Å². The number of rotatable bonds is 7. The molecule has 0 saturated carbocycles. The van der Waals surface area contributed by atoms with Crippen LogP contribution in [0.1, 0.15) is 12.0 Å². The number of anilines is 1. The highest BCUT2D eigenvalue weighted by molar-refractivity contribution is 6.00. The molecule has 0 unspecified atom stereocenters. The maximum absolute atomic E-state index is 12.6. The molecule has 0 spiro atoms. The molecule has 2 heterocycles. The summed E-state index contributed by atoms with van der Waals surface area (Å²) in [6, 6.07) is 13.2. The van der Waals surface area contributed by atoms with E-state index in [1.54, 1.807) is 19.1 Å². The Bertz CT molecular complexity index is 1080. The van der Waals surface area contributed by atoms with E-state index in [1.807, 2.05) is 48.7 Å². The summed E-state index contributed by atoms with van der Waals surface area (Å²) < 4.78 is 10.5. The molecule has 2 aromatic carbocycles. The van der Waals surface area contributed by atoms with Crippen molar-refractivity contribution in [3.63, 3.8) is 0 Å². The highest BCUT2D eigenvalue weighted by Gasteiger charge is 2.35. The van der Waals surface area contributed by atoms with E-state index < -0.39 is 0 Å². The van der Waals surface area contributed by atoms with Gasteiger partial charge in [-0.15, -0.1) is 0 Å². The monoisotopic (exact) mass is 407 g/mol. The Balaban J connectivity index is 1.35. The first-order valence-corrected chi connectivity index (χ1v) is 9.95. The molecular weight excluding hydrogens is 382 g/mol. The SMILES string of the molecule is COc1cccc(N2C[C@@H](C(=O)NCCc3c[nH]c4ccc(OC)cc34)CC2=O)c1. The minimum absolute atomic E-state index is 0.0490. The van der Waals surface area contributed by atoms with Crippen LogP contribution in [0.25, 0.3) is 10.9 Å². The number of nitrogens with one attached hydrogen (secondary N) is 2. The van der Waals surface area contributed by atoms with E-state index in [4.69, 9.17) is 9.47 Å². The van der Waals surface area contributed by atoms with Crippen molar-refractivity contribution in [2.75, 3.05) is 32.2 Å². The predicted molar refractivity (Wildman–Crippen MR) is 115 cm³/mol. The number of hydrogen-bond donors (Lipinski definition) is 2. The quantitative estimate of drug-likeness (QED) is 0.631. The fraction of sp³-hybridized carbons (Fsp3) is 0.304. The summed E-state index contributed by atoms with van der Waals surface area (Å²) in [6.07, 6.45) is 2.87. The van der Waals surface area contributed by atoms with Crippen LogP contribution in [0.2, 0.25) is 0 Å². The van der Waals surface area contributed by atoms with Crippen molar-refractivity contribution >= 4 is 28.4 Å². The first-order chi connectivity index (χ1) is 14.6. The van der Waals surface area contributed by atoms with E-state index in [0.717, 1.165) is 27.9 Å². The molecule has 2 amide bonds. The van der Waals surface area contributed by atoms with Gasteiger partial charge in [-0.25, -0.2) is 0 Å². The molecule has 1 aliphatic heterocycles. The van der Waals surface area contributed by atoms with Crippen molar-refractivity contribution in [1.82, 2.24) is 10.3 Å². The fourth-order valence-electron chi connectivity index (χ4n) is 3.87. The van der Waals surface area contributed by atoms with Crippen molar-refractivity contribution < 1.29 is 19.1 Å². The van der Waals surface area contributed by atoms with Crippen LogP contribution < -0.4 is 19.7 Å². The number of fused-ring (bicyclic) bond motifs is 1. The lowest BCUT2D eigenvalue weighted by atomic mass is 10.1. The second kappa shape index (κ2) is 8.49. The molecular formula is C23H25N3O4. The van der Waals surface area contributed by atoms with E-state index >= 15 is 0 Å². The molecule has 2 N–H and O–H groups in total. The third-order valence-electron chi connectivity index (χ3n) is 5.53. The Morgan fingerprint density at radius 1 is 1.17 bits per heavy atom. The fourth-order valence-corrected chi connectivity index (χ4v) is 3.87. The van der Waals surface area contributed by atoms with Crippen LogP contribution in [0.3, 0.4) is 0 Å². The molecule has 7 heteroatoms. The number of nitrogens with zero attached hydrogens (tertiary/aromatic N) is 1. The molecule has 1 atom stereocenters. The first-order valence-electron chi connectivity index (χ1n) is 9.95. The molecule has 4 rings (SSSR count). The lowest BCUT2D eigenvalue weighted by Gasteiger charge is -2.17. The summed E-state index contributed by atoms with van der Waals surface area (Å²) in [7, 11) is 3.23. The zero-order valence-corrected chi connectivity index (χ0v) is 17.1. The Hall–Kier alpha value is -3.48. The maximum Gasteiger partial charge on any atom is 0.227 e. The molecule has 0 radical (unpaired) electrons. The standard InChI is InChI=1S/C23H25N3O4/c1-29-18-5-3-4-17(11-18)26-14-16(10-22(26)27)23(28)24-9-8-15-13-25-21-7-6-19(30-2)12-20(15)21/h3-7,11-13,16,25H,8-10,14H2,1-2H3,(H,24,28)/t16-/m0/s1. The van der Waals surface area contributed by atoms with Crippen LogP contribution in [0, 0.1) is 5.92 Å². The molecule has 0 bridgehead atoms. The summed E-state index contributed by atoms with van der Waals surface area (Å²) in [5.74, 6) is 0.989. The second-order valence-corrected chi connectivity index (χ2v) is 7.37. The number of ether oxygens (including phenoxy) is 2. The van der Waals surface area contributed by atoms with Gasteiger partial charge >= 0.3 is 0 Å². The largest absolute Gasteiger partial charge is 0.497 e. The number of amides is 2. The van der Waals surface area contributed by atoms with Crippen molar-refractivity contribution in [3.8, 4) is 11.5 Å². The molecule has 3 aromatic rings. The lowest BCUT2D eigenvalue weighted by molar-refractivity contribution is -0.126. The van der Waals surface area contributed by atoms with Gasteiger partial charge in [0.15, 0.2) is 0 Å². The zero-order chi connectivity index (χ0) is 21.1. The summed E-state index contributed by atoms with van der Waals surface area (Å²) in [5.41, 5.74) is 2.90. The molecule has 1 aliphatic rings. The van der Waals surface area contributed by atoms with Crippen molar-refractivity contribution in [3.05, 3.63) is 54.2 Å². The number of aromatic nitrogens is 1. The van der Waals surface area contributed by atoms with Crippen molar-refractivity contribution in [1.29, 1.82) is 0 Å². The number of carbonyl (C=O) groups is 2. The third kappa shape index (κ3) is 3.96. The molecule has 30 heavy (non-hydrogen) atoms. The summed E-state index contributed by atoms with van der Waals surface area (Å²) in [4.78, 5) is 30.0. The van der Waals surface area contributed by atoms with E-state index in [0.29, 0.717) is 25.3 Å². The molecule has 7 nitrogen and oxygen atoms in total. The molecule has 1 saturated heterocycles. The van der Waals surface area contributed by atoms with Crippen molar-refractivity contribution in [2.45, 2.75) is 12.8 Å². The Morgan fingerprint density at radius 2 is 1.97 bits per heavy atom. The van der Waals surface area contributed by atoms with Gasteiger partial charge in [-0.05, 0) is 42.3 Å². The lowest BCUT2D eigenvalue weighted by Crippen LogP contribution is -2.34.